The SMILES string of the molecule is O=C1c2ccccc2-c2ccccc21.[H+]. The highest BCUT2D eigenvalue weighted by molar-refractivity contribution is 6.21. The van der Waals surface area contributed by atoms with Crippen LogP contribution in [-0.4, -0.2) is 5.78 Å². The van der Waals surface area contributed by atoms with Gasteiger partial charge in [0.05, 0.1) is 0 Å². The van der Waals surface area contributed by atoms with Crippen molar-refractivity contribution in [2.45, 2.75) is 0 Å². The number of rotatable bonds is 0. The van der Waals surface area contributed by atoms with Gasteiger partial charge in [-0.25, -0.2) is 0 Å². The fourth-order valence-electron chi connectivity index (χ4n) is 1.98. The molecule has 0 saturated heterocycles. The summed E-state index contributed by atoms with van der Waals surface area (Å²) in [6.07, 6.45) is 0. The van der Waals surface area contributed by atoms with Crippen molar-refractivity contribution in [1.29, 1.82) is 0 Å². The van der Waals surface area contributed by atoms with Gasteiger partial charge >= 0.3 is 1.43 Å². The van der Waals surface area contributed by atoms with Crippen LogP contribution in [0, 0.1) is 0 Å². The first-order chi connectivity index (χ1) is 6.88. The highest BCUT2D eigenvalue weighted by Gasteiger charge is 2.24. The maximum atomic E-state index is 11.9. The zero-order valence-corrected chi connectivity index (χ0v) is 7.53. The molecular weight excluding hydrogens is 172 g/mol. The van der Waals surface area contributed by atoms with Crippen molar-refractivity contribution in [1.82, 2.24) is 0 Å². The first kappa shape index (κ1) is 7.51. The van der Waals surface area contributed by atoms with Gasteiger partial charge < -0.3 is 0 Å². The van der Waals surface area contributed by atoms with E-state index >= 15 is 0 Å². The van der Waals surface area contributed by atoms with Crippen LogP contribution in [0.25, 0.3) is 11.1 Å². The predicted molar refractivity (Wildman–Crippen MR) is 56.4 cm³/mol. The molecule has 0 unspecified atom stereocenters. The second kappa shape index (κ2) is 2.55. The second-order valence-corrected chi connectivity index (χ2v) is 3.42. The number of carbonyl (C=O) groups excluding carboxylic acids is 1. The Hall–Kier alpha value is -1.89. The molecule has 1 aliphatic rings. The zero-order chi connectivity index (χ0) is 9.54. The van der Waals surface area contributed by atoms with Crippen LogP contribution in [0.1, 0.15) is 17.3 Å². The van der Waals surface area contributed by atoms with Gasteiger partial charge in [0.1, 0.15) is 0 Å². The maximum Gasteiger partial charge on any atom is 1.00 e. The first-order valence-corrected chi connectivity index (χ1v) is 4.61. The van der Waals surface area contributed by atoms with Crippen molar-refractivity contribution in [3.8, 4) is 11.1 Å². The third-order valence-corrected chi connectivity index (χ3v) is 2.63. The van der Waals surface area contributed by atoms with Crippen LogP contribution >= 0.6 is 0 Å². The molecule has 0 spiro atoms. The van der Waals surface area contributed by atoms with E-state index in [0.29, 0.717) is 0 Å². The number of fused-ring (bicyclic) bond motifs is 3. The van der Waals surface area contributed by atoms with E-state index in [1.807, 2.05) is 48.5 Å². The van der Waals surface area contributed by atoms with E-state index in [0.717, 1.165) is 22.3 Å². The molecule has 0 aliphatic heterocycles. The van der Waals surface area contributed by atoms with Gasteiger partial charge in [-0.15, -0.1) is 0 Å². The Balaban J connectivity index is 0.000000853. The molecule has 0 bridgehead atoms. The van der Waals surface area contributed by atoms with Gasteiger partial charge in [0.15, 0.2) is 5.78 Å². The number of carbonyl (C=O) groups is 1. The lowest BCUT2D eigenvalue weighted by molar-refractivity contribution is 0.104. The molecule has 1 aliphatic carbocycles. The van der Waals surface area contributed by atoms with Crippen molar-refractivity contribution in [2.75, 3.05) is 0 Å². The molecule has 2 aromatic carbocycles. The van der Waals surface area contributed by atoms with E-state index in [4.69, 9.17) is 0 Å². The molecule has 0 aromatic heterocycles. The van der Waals surface area contributed by atoms with Gasteiger partial charge in [0, 0.05) is 11.1 Å². The molecule has 0 amide bonds. The van der Waals surface area contributed by atoms with Crippen LogP contribution in [-0.2, 0) is 0 Å². The highest BCUT2D eigenvalue weighted by Crippen LogP contribution is 2.35. The highest BCUT2D eigenvalue weighted by atomic mass is 16.1. The molecule has 0 atom stereocenters. The third-order valence-electron chi connectivity index (χ3n) is 2.63. The Morgan fingerprint density at radius 1 is 0.643 bits per heavy atom. The van der Waals surface area contributed by atoms with Crippen molar-refractivity contribution in [2.24, 2.45) is 0 Å². The standard InChI is InChI=1S/C13H8O/c14-13-11-7-3-1-5-9(11)10-6-2-4-8-12(10)13/h1-8H/p+1. The summed E-state index contributed by atoms with van der Waals surface area (Å²) in [6.45, 7) is 0. The maximum absolute atomic E-state index is 11.9. The summed E-state index contributed by atoms with van der Waals surface area (Å²) >= 11 is 0. The van der Waals surface area contributed by atoms with Gasteiger partial charge in [0.25, 0.3) is 0 Å². The molecule has 0 saturated carbocycles. The van der Waals surface area contributed by atoms with Crippen molar-refractivity contribution >= 4 is 5.78 Å². The van der Waals surface area contributed by atoms with Crippen LogP contribution in [0.2, 0.25) is 0 Å². The number of ketones is 1. The Bertz CT molecular complexity index is 484. The normalized spacial score (nSPS) is 12.4. The van der Waals surface area contributed by atoms with E-state index in [9.17, 15) is 4.79 Å². The van der Waals surface area contributed by atoms with Gasteiger partial charge in [0.2, 0.25) is 0 Å². The molecule has 66 valence electrons. The van der Waals surface area contributed by atoms with Crippen molar-refractivity contribution < 1.29 is 6.22 Å². The molecule has 14 heavy (non-hydrogen) atoms. The average molecular weight is 181 g/mol. The van der Waals surface area contributed by atoms with Crippen LogP contribution < -0.4 is 0 Å². The van der Waals surface area contributed by atoms with Gasteiger partial charge in [-0.05, 0) is 11.1 Å². The average Bonchev–Trinajstić information content (AvgIpc) is 2.55. The fourth-order valence-corrected chi connectivity index (χ4v) is 1.98. The minimum absolute atomic E-state index is 0. The summed E-state index contributed by atoms with van der Waals surface area (Å²) in [6, 6.07) is 15.5. The van der Waals surface area contributed by atoms with Crippen LogP contribution in [0.4, 0.5) is 0 Å². The molecule has 1 heteroatoms. The Morgan fingerprint density at radius 3 is 1.43 bits per heavy atom. The van der Waals surface area contributed by atoms with E-state index < -0.39 is 0 Å². The molecule has 0 fully saturated rings. The molecule has 1 nitrogen and oxygen atoms in total. The van der Waals surface area contributed by atoms with E-state index in [2.05, 4.69) is 0 Å². The molecule has 3 rings (SSSR count). The summed E-state index contributed by atoms with van der Waals surface area (Å²) in [7, 11) is 0. The predicted octanol–water partition coefficient (Wildman–Crippen LogP) is 3.01. The second-order valence-electron chi connectivity index (χ2n) is 3.42. The summed E-state index contributed by atoms with van der Waals surface area (Å²) in [5.41, 5.74) is 3.78. The molecule has 0 N–H and O–H groups in total. The molecule has 2 aromatic rings. The molecular formula is C13H9O+. The fraction of sp³-hybridized carbons (Fsp3) is 0. The summed E-state index contributed by atoms with van der Waals surface area (Å²) in [5, 5.41) is 0. The largest absolute Gasteiger partial charge is 1.00 e. The van der Waals surface area contributed by atoms with Gasteiger partial charge in [-0.3, -0.25) is 4.79 Å². The lowest BCUT2D eigenvalue weighted by atomic mass is 10.1. The van der Waals surface area contributed by atoms with Crippen molar-refractivity contribution in [3.05, 3.63) is 59.7 Å². The van der Waals surface area contributed by atoms with E-state index in [1.54, 1.807) is 0 Å². The Kier molecular flexibility index (Phi) is 1.37. The Labute approximate surface area is 83.5 Å². The minimum Gasteiger partial charge on any atom is -0.289 e. The number of hydrogen-bond donors (Lipinski definition) is 0. The number of hydrogen-bond acceptors (Lipinski definition) is 1. The molecule has 0 heterocycles. The van der Waals surface area contributed by atoms with Gasteiger partial charge in [-0.2, -0.15) is 0 Å². The summed E-state index contributed by atoms with van der Waals surface area (Å²) in [5.74, 6) is 0.149. The van der Waals surface area contributed by atoms with Crippen molar-refractivity contribution in [3.63, 3.8) is 0 Å². The van der Waals surface area contributed by atoms with E-state index in [1.165, 1.54) is 0 Å². The van der Waals surface area contributed by atoms with Gasteiger partial charge in [-0.1, -0.05) is 48.5 Å². The number of benzene rings is 2. The Morgan fingerprint density at radius 2 is 1.00 bits per heavy atom. The molecule has 0 radical (unpaired) electrons. The quantitative estimate of drug-likeness (QED) is 0.521. The minimum atomic E-state index is 0. The van der Waals surface area contributed by atoms with Crippen LogP contribution in [0.3, 0.4) is 0 Å². The topological polar surface area (TPSA) is 17.1 Å². The zero-order valence-electron chi connectivity index (χ0n) is 8.53. The summed E-state index contributed by atoms with van der Waals surface area (Å²) in [4.78, 5) is 11.9. The lowest BCUT2D eigenvalue weighted by Crippen LogP contribution is -1.93. The summed E-state index contributed by atoms with van der Waals surface area (Å²) < 4.78 is 0. The van der Waals surface area contributed by atoms with Crippen LogP contribution in [0.5, 0.6) is 0 Å². The van der Waals surface area contributed by atoms with E-state index in [-0.39, 0.29) is 7.21 Å². The smallest absolute Gasteiger partial charge is 0.289 e. The third kappa shape index (κ3) is 0.814. The lowest BCUT2D eigenvalue weighted by Gasteiger charge is -1.96. The monoisotopic (exact) mass is 181 g/mol. The first-order valence-electron chi connectivity index (χ1n) is 4.61. The van der Waals surface area contributed by atoms with Crippen LogP contribution in [0.15, 0.2) is 48.5 Å².